The summed E-state index contributed by atoms with van der Waals surface area (Å²) in [6, 6.07) is 11.7. The molecule has 1 aromatic heterocycles. The fourth-order valence-corrected chi connectivity index (χ4v) is 3.35. The van der Waals surface area contributed by atoms with Crippen LogP contribution in [0.3, 0.4) is 0 Å². The van der Waals surface area contributed by atoms with Crippen LogP contribution in [-0.4, -0.2) is 16.3 Å². The lowest BCUT2D eigenvalue weighted by Gasteiger charge is -2.10. The third kappa shape index (κ3) is 3.30. The van der Waals surface area contributed by atoms with Crippen molar-refractivity contribution in [2.75, 3.05) is 0 Å². The number of benzene rings is 2. The summed E-state index contributed by atoms with van der Waals surface area (Å²) < 4.78 is 13.6. The van der Waals surface area contributed by atoms with Gasteiger partial charge in [0.2, 0.25) is 5.88 Å². The quantitative estimate of drug-likeness (QED) is 0.515. The zero-order valence-corrected chi connectivity index (χ0v) is 13.5. The number of nitrogens with one attached hydrogen (secondary N) is 1. The first-order valence-electron chi connectivity index (χ1n) is 6.78. The van der Waals surface area contributed by atoms with Crippen LogP contribution in [-0.2, 0) is 5.75 Å². The first-order chi connectivity index (χ1) is 11.1. The number of thioether (sulfide) groups is 1. The standard InChI is InChI=1S/C17H12ClFN2OS/c18-11-3-1-10(2-4-11)9-23-17-14-7-12(19)5-6-13(14)15(8-20)16(22)21-17/h1-8,20H,9H2,(H,21,22). The van der Waals surface area contributed by atoms with Crippen molar-refractivity contribution < 1.29 is 9.50 Å². The molecule has 0 aliphatic carbocycles. The fourth-order valence-electron chi connectivity index (χ4n) is 2.25. The predicted octanol–water partition coefficient (Wildman–Crippen LogP) is 5.02. The molecule has 3 nitrogen and oxygen atoms in total. The molecule has 0 atom stereocenters. The highest BCUT2D eigenvalue weighted by atomic mass is 35.5. The maximum absolute atomic E-state index is 13.6. The van der Waals surface area contributed by atoms with Gasteiger partial charge >= 0.3 is 0 Å². The lowest BCUT2D eigenvalue weighted by atomic mass is 10.1. The Kier molecular flexibility index (Phi) is 4.50. The van der Waals surface area contributed by atoms with Crippen LogP contribution in [0.1, 0.15) is 11.1 Å². The average Bonchev–Trinajstić information content (AvgIpc) is 2.54. The number of rotatable bonds is 4. The Bertz CT molecular complexity index is 884. The van der Waals surface area contributed by atoms with E-state index in [4.69, 9.17) is 17.0 Å². The Morgan fingerprint density at radius 1 is 1.17 bits per heavy atom. The van der Waals surface area contributed by atoms with Gasteiger partial charge in [-0.25, -0.2) is 9.37 Å². The summed E-state index contributed by atoms with van der Waals surface area (Å²) in [5.74, 6) is 0.00563. The zero-order chi connectivity index (χ0) is 16.4. The van der Waals surface area contributed by atoms with Crippen LogP contribution in [0.2, 0.25) is 5.02 Å². The zero-order valence-electron chi connectivity index (χ0n) is 11.9. The van der Waals surface area contributed by atoms with Gasteiger partial charge in [-0.15, -0.1) is 11.8 Å². The highest BCUT2D eigenvalue weighted by Crippen LogP contribution is 2.34. The molecule has 0 aliphatic heterocycles. The maximum atomic E-state index is 13.6. The highest BCUT2D eigenvalue weighted by molar-refractivity contribution is 7.98. The SMILES string of the molecule is N=Cc1c(O)nc(SCc2ccc(Cl)cc2)c2cc(F)ccc12. The van der Waals surface area contributed by atoms with Crippen LogP contribution < -0.4 is 0 Å². The molecule has 116 valence electrons. The van der Waals surface area contributed by atoms with Crippen LogP contribution in [0, 0.1) is 11.2 Å². The summed E-state index contributed by atoms with van der Waals surface area (Å²) in [6.45, 7) is 0. The van der Waals surface area contributed by atoms with Crippen LogP contribution >= 0.6 is 23.4 Å². The number of fused-ring (bicyclic) bond motifs is 1. The first-order valence-corrected chi connectivity index (χ1v) is 8.15. The lowest BCUT2D eigenvalue weighted by molar-refractivity contribution is 0.449. The summed E-state index contributed by atoms with van der Waals surface area (Å²) in [5.41, 5.74) is 1.33. The second kappa shape index (κ2) is 6.56. The molecule has 0 spiro atoms. The highest BCUT2D eigenvalue weighted by Gasteiger charge is 2.13. The van der Waals surface area contributed by atoms with E-state index in [0.29, 0.717) is 26.6 Å². The molecule has 0 fully saturated rings. The molecule has 0 bridgehead atoms. The molecular formula is C17H12ClFN2OS. The number of hydrogen-bond acceptors (Lipinski definition) is 4. The summed E-state index contributed by atoms with van der Waals surface area (Å²) in [5, 5.41) is 19.8. The molecule has 3 aromatic rings. The van der Waals surface area contributed by atoms with Crippen molar-refractivity contribution in [3.8, 4) is 5.88 Å². The minimum Gasteiger partial charge on any atom is -0.493 e. The van der Waals surface area contributed by atoms with Crippen molar-refractivity contribution in [1.29, 1.82) is 5.41 Å². The molecule has 0 amide bonds. The fraction of sp³-hybridized carbons (Fsp3) is 0.0588. The summed E-state index contributed by atoms with van der Waals surface area (Å²) >= 11 is 7.26. The number of halogens is 2. The first kappa shape index (κ1) is 15.8. The van der Waals surface area contributed by atoms with Crippen LogP contribution in [0.25, 0.3) is 10.8 Å². The van der Waals surface area contributed by atoms with E-state index in [1.165, 1.54) is 23.9 Å². The number of pyridine rings is 1. The molecule has 3 rings (SSSR count). The molecular weight excluding hydrogens is 335 g/mol. The van der Waals surface area contributed by atoms with E-state index >= 15 is 0 Å². The average molecular weight is 347 g/mol. The molecule has 0 saturated heterocycles. The van der Waals surface area contributed by atoms with Gasteiger partial charge in [0.1, 0.15) is 10.8 Å². The molecule has 0 unspecified atom stereocenters. The van der Waals surface area contributed by atoms with Crippen LogP contribution in [0.4, 0.5) is 4.39 Å². The van der Waals surface area contributed by atoms with E-state index in [1.807, 2.05) is 12.1 Å². The van der Waals surface area contributed by atoms with Gasteiger partial charge in [-0.05, 0) is 35.2 Å². The van der Waals surface area contributed by atoms with Gasteiger partial charge in [0, 0.05) is 22.4 Å². The molecule has 1 heterocycles. The summed E-state index contributed by atoms with van der Waals surface area (Å²) in [6.07, 6.45) is 1.02. The predicted molar refractivity (Wildman–Crippen MR) is 92.3 cm³/mol. The van der Waals surface area contributed by atoms with Gasteiger partial charge < -0.3 is 10.5 Å². The van der Waals surface area contributed by atoms with Crippen molar-refractivity contribution in [3.05, 3.63) is 64.4 Å². The van der Waals surface area contributed by atoms with E-state index in [0.717, 1.165) is 11.8 Å². The van der Waals surface area contributed by atoms with Crippen LogP contribution in [0.15, 0.2) is 47.5 Å². The monoisotopic (exact) mass is 346 g/mol. The van der Waals surface area contributed by atoms with Crippen molar-refractivity contribution in [2.45, 2.75) is 10.8 Å². The largest absolute Gasteiger partial charge is 0.493 e. The van der Waals surface area contributed by atoms with E-state index in [1.54, 1.807) is 18.2 Å². The van der Waals surface area contributed by atoms with Crippen molar-refractivity contribution in [2.24, 2.45) is 0 Å². The van der Waals surface area contributed by atoms with Gasteiger partial charge in [-0.2, -0.15) is 0 Å². The lowest BCUT2D eigenvalue weighted by Crippen LogP contribution is -1.93. The number of aromatic hydroxyl groups is 1. The summed E-state index contributed by atoms with van der Waals surface area (Å²) in [4.78, 5) is 4.12. The number of aromatic nitrogens is 1. The van der Waals surface area contributed by atoms with Gasteiger partial charge in [-0.3, -0.25) is 0 Å². The number of hydrogen-bond donors (Lipinski definition) is 2. The molecule has 0 aliphatic rings. The van der Waals surface area contributed by atoms with Gasteiger partial charge in [0.05, 0.1) is 5.56 Å². The Labute approximate surface area is 141 Å². The smallest absolute Gasteiger partial charge is 0.221 e. The Morgan fingerprint density at radius 3 is 2.61 bits per heavy atom. The second-order valence-electron chi connectivity index (χ2n) is 4.90. The van der Waals surface area contributed by atoms with Crippen LogP contribution in [0.5, 0.6) is 5.88 Å². The van der Waals surface area contributed by atoms with E-state index in [-0.39, 0.29) is 17.3 Å². The molecule has 0 radical (unpaired) electrons. The van der Waals surface area contributed by atoms with Crippen molar-refractivity contribution in [1.82, 2.24) is 4.98 Å². The molecule has 2 aromatic carbocycles. The maximum Gasteiger partial charge on any atom is 0.221 e. The topological polar surface area (TPSA) is 57.0 Å². The summed E-state index contributed by atoms with van der Waals surface area (Å²) in [7, 11) is 0. The molecule has 0 saturated carbocycles. The molecule has 6 heteroatoms. The Hall–Kier alpha value is -2.11. The van der Waals surface area contributed by atoms with E-state index < -0.39 is 0 Å². The van der Waals surface area contributed by atoms with E-state index in [9.17, 15) is 9.50 Å². The van der Waals surface area contributed by atoms with Crippen molar-refractivity contribution in [3.63, 3.8) is 0 Å². The second-order valence-corrected chi connectivity index (χ2v) is 6.30. The Balaban J connectivity index is 2.01. The third-order valence-electron chi connectivity index (χ3n) is 3.38. The third-order valence-corrected chi connectivity index (χ3v) is 4.70. The van der Waals surface area contributed by atoms with Gasteiger partial charge in [-0.1, -0.05) is 29.8 Å². The van der Waals surface area contributed by atoms with Gasteiger partial charge in [0.15, 0.2) is 0 Å². The molecule has 23 heavy (non-hydrogen) atoms. The minimum absolute atomic E-state index is 0.224. The van der Waals surface area contributed by atoms with Crippen molar-refractivity contribution >= 4 is 40.3 Å². The van der Waals surface area contributed by atoms with Gasteiger partial charge in [0.25, 0.3) is 0 Å². The van der Waals surface area contributed by atoms with E-state index in [2.05, 4.69) is 4.98 Å². The molecule has 2 N–H and O–H groups in total. The number of nitrogens with zero attached hydrogens (tertiary/aromatic N) is 1. The normalized spacial score (nSPS) is 10.9. The Morgan fingerprint density at radius 2 is 1.91 bits per heavy atom. The minimum atomic E-state index is -0.380.